The lowest BCUT2D eigenvalue weighted by molar-refractivity contribution is 0.590. The zero-order valence-electron chi connectivity index (χ0n) is 60.4. The van der Waals surface area contributed by atoms with Gasteiger partial charge in [-0.2, -0.15) is 5.26 Å². The van der Waals surface area contributed by atoms with Gasteiger partial charge < -0.3 is 23.5 Å². The van der Waals surface area contributed by atoms with Crippen molar-refractivity contribution in [1.29, 1.82) is 5.26 Å². The highest BCUT2D eigenvalue weighted by atomic mass is 15.2. The molecule has 0 radical (unpaired) electrons. The molecule has 3 aromatic heterocycles. The van der Waals surface area contributed by atoms with Crippen LogP contribution < -0.4 is 26.2 Å². The zero-order valence-corrected chi connectivity index (χ0v) is 60.4. The van der Waals surface area contributed by atoms with E-state index >= 15 is 0 Å². The molecule has 0 saturated carbocycles. The van der Waals surface area contributed by atoms with Crippen molar-refractivity contribution in [3.05, 3.63) is 276 Å². The Bertz CT molecular complexity index is 5770. The molecule has 0 amide bonds. The Morgan fingerprint density at radius 3 is 1.06 bits per heavy atom. The summed E-state index contributed by atoms with van der Waals surface area (Å²) < 4.78 is 7.35. The molecule has 0 unspecified atom stereocenters. The second-order valence-corrected chi connectivity index (χ2v) is 33.5. The first-order valence-electron chi connectivity index (χ1n) is 35.7. The number of hydrogen-bond acceptors (Lipinski definition) is 3. The zero-order chi connectivity index (χ0) is 69.4. The first kappa shape index (κ1) is 62.7. The molecule has 0 N–H and O–H groups in total. The number of benzene rings is 12. The average Bonchev–Trinajstić information content (AvgIpc) is 0.767. The number of nitrogens with zero attached hydrogens (tertiary/aromatic N) is 6. The highest BCUT2D eigenvalue weighted by Gasteiger charge is 2.45. The molecular weight excluding hydrogens is 1210 g/mol. The van der Waals surface area contributed by atoms with Gasteiger partial charge in [0.2, 0.25) is 0 Å². The predicted molar refractivity (Wildman–Crippen MR) is 427 cm³/mol. The first-order valence-corrected chi connectivity index (χ1v) is 35.7. The summed E-state index contributed by atoms with van der Waals surface area (Å²) in [6.45, 7) is 34.7. The fraction of sp³-hybridized carbons (Fsp3) is 0.215. The van der Waals surface area contributed by atoms with E-state index in [-0.39, 0.29) is 33.8 Å². The highest BCUT2D eigenvalue weighted by molar-refractivity contribution is 7.00. The molecule has 12 aromatic carbocycles. The van der Waals surface area contributed by atoms with Gasteiger partial charge in [-0.3, -0.25) is 0 Å². The van der Waals surface area contributed by atoms with Crippen LogP contribution in [-0.2, 0) is 27.1 Å². The second kappa shape index (κ2) is 22.1. The maximum Gasteiger partial charge on any atom is 0.252 e. The van der Waals surface area contributed by atoms with E-state index in [1.807, 2.05) is 0 Å². The molecule has 0 atom stereocenters. The van der Waals surface area contributed by atoms with E-state index < -0.39 is 0 Å². The summed E-state index contributed by atoms with van der Waals surface area (Å²) in [6.07, 6.45) is 0. The minimum Gasteiger partial charge on any atom is -0.311 e. The SMILES string of the molecule is CC(C)(C)c1cc2c3c(c1)N(c1ccc(C#N)c(-n4c5ccccc5c5ccccc54)c1)c1cc(-n4c5ccc(C(C)(C)C)cc5c5cc(C(C)(C)C)ccc54)ccc1B3c1ccc(-n3c4ccc(C(C)(C)C)cc4c4cc(C(C)(C)C)ccc43)cc1N2c1cccc(-c2ccccc2)c1. The van der Waals surface area contributed by atoms with Gasteiger partial charge >= 0.3 is 0 Å². The van der Waals surface area contributed by atoms with E-state index in [1.165, 1.54) is 87.8 Å². The summed E-state index contributed by atoms with van der Waals surface area (Å²) in [6, 6.07) is 94.8. The fourth-order valence-electron chi connectivity index (χ4n) is 16.3. The number of fused-ring (bicyclic) bond motifs is 13. The molecule has 17 rings (SSSR count). The van der Waals surface area contributed by atoms with Gasteiger partial charge in [-0.15, -0.1) is 0 Å². The van der Waals surface area contributed by atoms with E-state index in [2.05, 4.69) is 376 Å². The van der Waals surface area contributed by atoms with Crippen molar-refractivity contribution in [3.8, 4) is 34.3 Å². The molecule has 0 fully saturated rings. The van der Waals surface area contributed by atoms with Crippen LogP contribution in [0.1, 0.15) is 137 Å². The van der Waals surface area contributed by atoms with Crippen molar-refractivity contribution < 1.29 is 0 Å². The van der Waals surface area contributed by atoms with Crippen molar-refractivity contribution in [3.63, 3.8) is 0 Å². The van der Waals surface area contributed by atoms with E-state index in [9.17, 15) is 5.26 Å². The van der Waals surface area contributed by atoms with Gasteiger partial charge in [0.25, 0.3) is 6.71 Å². The summed E-state index contributed by atoms with van der Waals surface area (Å²) in [4.78, 5) is 5.15. The Kier molecular flexibility index (Phi) is 13.9. The van der Waals surface area contributed by atoms with Gasteiger partial charge in [-0.1, -0.05) is 219 Å². The Morgan fingerprint density at radius 1 is 0.270 bits per heavy atom. The average molecular weight is 1300 g/mol. The molecule has 15 aromatic rings. The lowest BCUT2D eigenvalue weighted by Crippen LogP contribution is -2.61. The summed E-state index contributed by atoms with van der Waals surface area (Å²) in [5, 5.41) is 18.7. The molecule has 100 heavy (non-hydrogen) atoms. The Morgan fingerprint density at radius 2 is 0.640 bits per heavy atom. The van der Waals surface area contributed by atoms with Crippen molar-refractivity contribution in [1.82, 2.24) is 13.7 Å². The van der Waals surface area contributed by atoms with Crippen LogP contribution in [0.5, 0.6) is 0 Å². The van der Waals surface area contributed by atoms with Crippen LogP contribution in [0.15, 0.2) is 243 Å². The minimum atomic E-state index is -0.297. The Hall–Kier alpha value is -10.8. The van der Waals surface area contributed by atoms with E-state index in [4.69, 9.17) is 0 Å². The predicted octanol–water partition coefficient (Wildman–Crippen LogP) is 23.1. The van der Waals surface area contributed by atoms with Crippen LogP contribution in [0.3, 0.4) is 0 Å². The third-order valence-electron chi connectivity index (χ3n) is 21.8. The van der Waals surface area contributed by atoms with Crippen LogP contribution in [-0.4, -0.2) is 20.4 Å². The molecule has 0 bridgehead atoms. The largest absolute Gasteiger partial charge is 0.311 e. The van der Waals surface area contributed by atoms with E-state index in [1.54, 1.807) is 0 Å². The van der Waals surface area contributed by atoms with Crippen molar-refractivity contribution >= 4 is 123 Å². The van der Waals surface area contributed by atoms with Crippen LogP contribution in [0.25, 0.3) is 93.6 Å². The summed E-state index contributed by atoms with van der Waals surface area (Å²) >= 11 is 0. The molecular formula is C93H85BN6. The Balaban J connectivity index is 0.985. The topological polar surface area (TPSA) is 45.1 Å². The second-order valence-electron chi connectivity index (χ2n) is 33.5. The maximum absolute atomic E-state index is 11.4. The standard InChI is InChI=1S/C93H85BN6/c1-89(2,3)60-33-42-79-71(47-60)72-48-61(90(4,5)6)34-43-80(72)96(79)67-38-40-75-84(54-67)98(65-27-23-26-58(46-65)57-24-17-16-18-25-57)86-51-64(93(13,14)15)52-87-88(86)94(75)76-41-39-68(97-81-44-35-62(91(7,8)9)49-73(81)74-50-63(92(10,11)12)36-45-82(74)97)55-85(76)99(87)66-37-32-59(56-95)83(53-66)100-77-30-21-19-28-69(77)70-29-20-22-31-78(70)100/h16-55H,1-15H3. The monoisotopic (exact) mass is 1300 g/mol. The van der Waals surface area contributed by atoms with Crippen molar-refractivity contribution in [2.45, 2.75) is 131 Å². The van der Waals surface area contributed by atoms with Crippen LogP contribution >= 0.6 is 0 Å². The van der Waals surface area contributed by atoms with Gasteiger partial charge in [0.15, 0.2) is 0 Å². The first-order chi connectivity index (χ1) is 47.7. The van der Waals surface area contributed by atoms with Crippen LogP contribution in [0.4, 0.5) is 34.1 Å². The molecule has 2 aliphatic heterocycles. The molecule has 0 aliphatic carbocycles. The van der Waals surface area contributed by atoms with E-state index in [0.717, 1.165) is 84.1 Å². The molecule has 6 nitrogen and oxygen atoms in total. The minimum absolute atomic E-state index is 0.0415. The van der Waals surface area contributed by atoms with Gasteiger partial charge in [-0.25, -0.2) is 0 Å². The van der Waals surface area contributed by atoms with Crippen molar-refractivity contribution in [2.24, 2.45) is 0 Å². The lowest BCUT2D eigenvalue weighted by atomic mass is 9.33. The number of rotatable bonds is 6. The highest BCUT2D eigenvalue weighted by Crippen LogP contribution is 2.50. The number of para-hydroxylation sites is 2. The van der Waals surface area contributed by atoms with Gasteiger partial charge in [0.05, 0.1) is 44.4 Å². The van der Waals surface area contributed by atoms with Gasteiger partial charge in [0.1, 0.15) is 6.07 Å². The van der Waals surface area contributed by atoms with Crippen LogP contribution in [0.2, 0.25) is 0 Å². The summed E-state index contributed by atoms with van der Waals surface area (Å²) in [5.41, 5.74) is 28.8. The molecule has 7 heteroatoms. The normalized spacial score (nSPS) is 13.5. The number of anilines is 6. The number of hydrogen-bond donors (Lipinski definition) is 0. The number of aromatic nitrogens is 3. The van der Waals surface area contributed by atoms with Crippen molar-refractivity contribution in [2.75, 3.05) is 9.80 Å². The van der Waals surface area contributed by atoms with Gasteiger partial charge in [0, 0.05) is 77.8 Å². The molecule has 0 saturated heterocycles. The number of nitriles is 1. The Labute approximate surface area is 589 Å². The lowest BCUT2D eigenvalue weighted by Gasteiger charge is -2.45. The third kappa shape index (κ3) is 9.87. The van der Waals surface area contributed by atoms with Gasteiger partial charge in [-0.05, 0) is 210 Å². The molecule has 0 spiro atoms. The molecule has 2 aliphatic rings. The molecule has 5 heterocycles. The molecule has 490 valence electrons. The quantitative estimate of drug-likeness (QED) is 0.156. The smallest absolute Gasteiger partial charge is 0.252 e. The van der Waals surface area contributed by atoms with E-state index in [0.29, 0.717) is 5.56 Å². The maximum atomic E-state index is 11.4. The third-order valence-corrected chi connectivity index (χ3v) is 21.8. The fourth-order valence-corrected chi connectivity index (χ4v) is 16.3. The summed E-state index contributed by atoms with van der Waals surface area (Å²) in [5.74, 6) is 0. The summed E-state index contributed by atoms with van der Waals surface area (Å²) in [7, 11) is 0. The van der Waals surface area contributed by atoms with Crippen LogP contribution in [0, 0.1) is 11.3 Å².